The van der Waals surface area contributed by atoms with Gasteiger partial charge >= 0.3 is 0 Å². The number of carbonyl (C=O) groups is 2. The molecule has 0 spiro atoms. The van der Waals surface area contributed by atoms with Crippen LogP contribution in [0.5, 0.6) is 0 Å². The first-order valence-electron chi connectivity index (χ1n) is 5.72. The lowest BCUT2D eigenvalue weighted by Gasteiger charge is -2.05. The van der Waals surface area contributed by atoms with E-state index in [0.717, 1.165) is 5.56 Å². The van der Waals surface area contributed by atoms with Crippen molar-refractivity contribution in [1.82, 2.24) is 0 Å². The fraction of sp³-hybridized carbons (Fsp3) is 0.308. The third-order valence-electron chi connectivity index (χ3n) is 2.41. The van der Waals surface area contributed by atoms with Crippen LogP contribution in [0.15, 0.2) is 29.3 Å². The van der Waals surface area contributed by atoms with Gasteiger partial charge in [0.25, 0.3) is 0 Å². The summed E-state index contributed by atoms with van der Waals surface area (Å²) in [5.74, 6) is 0.180. The number of nitrogens with one attached hydrogen (secondary N) is 1. The Morgan fingerprint density at radius 2 is 2.06 bits per heavy atom. The molecule has 0 radical (unpaired) electrons. The number of aliphatic imine (C=N–C) groups is 1. The summed E-state index contributed by atoms with van der Waals surface area (Å²) in [7, 11) is 0. The Morgan fingerprint density at radius 1 is 1.33 bits per heavy atom. The van der Waals surface area contributed by atoms with Crippen molar-refractivity contribution in [2.75, 3.05) is 18.5 Å². The fourth-order valence-electron chi connectivity index (χ4n) is 1.64. The van der Waals surface area contributed by atoms with E-state index >= 15 is 0 Å². The quantitative estimate of drug-likeness (QED) is 0.816. The monoisotopic (exact) mass is 246 g/mol. The number of rotatable bonds is 4. The molecule has 0 aliphatic carbocycles. The molecule has 0 unspecified atom stereocenters. The molecule has 5 heteroatoms. The molecule has 1 aromatic carbocycles. The topological polar surface area (TPSA) is 67.8 Å². The van der Waals surface area contributed by atoms with Crippen molar-refractivity contribution >= 4 is 23.3 Å². The highest BCUT2D eigenvalue weighted by Gasteiger charge is 2.10. The van der Waals surface area contributed by atoms with Gasteiger partial charge in [0.15, 0.2) is 0 Å². The van der Waals surface area contributed by atoms with Gasteiger partial charge < -0.3 is 10.1 Å². The first-order valence-corrected chi connectivity index (χ1v) is 5.72. The first kappa shape index (κ1) is 12.3. The van der Waals surface area contributed by atoms with E-state index in [4.69, 9.17) is 4.74 Å². The van der Waals surface area contributed by atoms with Crippen LogP contribution in [0.1, 0.15) is 18.9 Å². The summed E-state index contributed by atoms with van der Waals surface area (Å²) < 4.78 is 5.33. The van der Waals surface area contributed by atoms with Crippen LogP contribution in [0, 0.1) is 0 Å². The number of hydrogen-bond donors (Lipinski definition) is 1. The maximum absolute atomic E-state index is 11.4. The first-order chi connectivity index (χ1) is 8.65. The van der Waals surface area contributed by atoms with Crippen LogP contribution < -0.4 is 5.32 Å². The molecule has 0 saturated heterocycles. The lowest BCUT2D eigenvalue weighted by molar-refractivity contribution is -0.124. The summed E-state index contributed by atoms with van der Waals surface area (Å²) in [6, 6.07) is 7.18. The molecule has 0 fully saturated rings. The molecule has 5 nitrogen and oxygen atoms in total. The third-order valence-corrected chi connectivity index (χ3v) is 2.41. The maximum Gasteiger partial charge on any atom is 0.231 e. The van der Waals surface area contributed by atoms with Crippen LogP contribution in [0.3, 0.4) is 0 Å². The second-order valence-electron chi connectivity index (χ2n) is 4.04. The second kappa shape index (κ2) is 5.44. The van der Waals surface area contributed by atoms with Crippen LogP contribution in [0.4, 0.5) is 5.69 Å². The number of ether oxygens (including phenoxy) is 1. The highest BCUT2D eigenvalue weighted by atomic mass is 16.5. The summed E-state index contributed by atoms with van der Waals surface area (Å²) in [6.07, 6.45) is -0.0996. The number of benzene rings is 1. The van der Waals surface area contributed by atoms with Crippen molar-refractivity contribution in [3.63, 3.8) is 0 Å². The molecular formula is C13H14N2O3. The van der Waals surface area contributed by atoms with Crippen molar-refractivity contribution in [1.29, 1.82) is 0 Å². The zero-order valence-electron chi connectivity index (χ0n) is 10.1. The lowest BCUT2D eigenvalue weighted by atomic mass is 10.2. The molecule has 0 bridgehead atoms. The van der Waals surface area contributed by atoms with Crippen LogP contribution in [0.2, 0.25) is 0 Å². The number of hydrogen-bond acceptors (Lipinski definition) is 4. The standard InChI is InChI=1S/C13H14N2O3/c1-9(16)8-12(17)15-11-4-2-10(3-5-11)13-14-6-7-18-13/h2-5H,6-8H2,1H3,(H,15,17). The normalized spacial score (nSPS) is 13.7. The molecule has 1 heterocycles. The molecule has 0 saturated carbocycles. The van der Waals surface area contributed by atoms with Crippen LogP contribution in [0.25, 0.3) is 0 Å². The van der Waals surface area contributed by atoms with Gasteiger partial charge in [0.2, 0.25) is 11.8 Å². The fourth-order valence-corrected chi connectivity index (χ4v) is 1.64. The largest absolute Gasteiger partial charge is 0.476 e. The van der Waals surface area contributed by atoms with E-state index in [-0.39, 0.29) is 18.1 Å². The maximum atomic E-state index is 11.4. The molecule has 0 atom stereocenters. The minimum atomic E-state index is -0.301. The van der Waals surface area contributed by atoms with E-state index in [1.807, 2.05) is 12.1 Å². The van der Waals surface area contributed by atoms with Crippen molar-refractivity contribution in [2.45, 2.75) is 13.3 Å². The predicted octanol–water partition coefficient (Wildman–Crippen LogP) is 1.38. The number of nitrogens with zero attached hydrogens (tertiary/aromatic N) is 1. The van der Waals surface area contributed by atoms with E-state index in [1.165, 1.54) is 6.92 Å². The van der Waals surface area contributed by atoms with Crippen molar-refractivity contribution in [3.8, 4) is 0 Å². The van der Waals surface area contributed by atoms with Crippen molar-refractivity contribution in [2.24, 2.45) is 4.99 Å². The SMILES string of the molecule is CC(=O)CC(=O)Nc1ccc(C2=NCCO2)cc1. The predicted molar refractivity (Wildman–Crippen MR) is 67.7 cm³/mol. The molecular weight excluding hydrogens is 232 g/mol. The molecule has 1 aromatic rings. The van der Waals surface area contributed by atoms with Crippen LogP contribution in [-0.2, 0) is 14.3 Å². The molecule has 1 aliphatic rings. The molecule has 1 aliphatic heterocycles. The summed E-state index contributed by atoms with van der Waals surface area (Å²) in [6.45, 7) is 2.69. The Bertz CT molecular complexity index is 491. The molecule has 1 N–H and O–H groups in total. The Balaban J connectivity index is 1.99. The average molecular weight is 246 g/mol. The van der Waals surface area contributed by atoms with Crippen molar-refractivity contribution < 1.29 is 14.3 Å². The summed E-state index contributed by atoms with van der Waals surface area (Å²) in [4.78, 5) is 26.4. The number of ketones is 1. The molecule has 18 heavy (non-hydrogen) atoms. The Hall–Kier alpha value is -2.17. The van der Waals surface area contributed by atoms with Crippen molar-refractivity contribution in [3.05, 3.63) is 29.8 Å². The van der Waals surface area contributed by atoms with E-state index < -0.39 is 0 Å². The minimum absolute atomic E-state index is 0.0996. The van der Waals surface area contributed by atoms with Gasteiger partial charge in [-0.05, 0) is 31.2 Å². The summed E-state index contributed by atoms with van der Waals surface area (Å²) in [5, 5.41) is 2.65. The minimum Gasteiger partial charge on any atom is -0.476 e. The summed E-state index contributed by atoms with van der Waals surface area (Å²) in [5.41, 5.74) is 1.54. The molecule has 2 rings (SSSR count). The lowest BCUT2D eigenvalue weighted by Crippen LogP contribution is -2.14. The highest BCUT2D eigenvalue weighted by Crippen LogP contribution is 2.13. The molecule has 0 aromatic heterocycles. The Morgan fingerprint density at radius 3 is 2.61 bits per heavy atom. The molecule has 94 valence electrons. The number of amides is 1. The van der Waals surface area contributed by atoms with E-state index in [1.54, 1.807) is 12.1 Å². The van der Waals surface area contributed by atoms with Gasteiger partial charge in [-0.3, -0.25) is 9.59 Å². The van der Waals surface area contributed by atoms with Gasteiger partial charge in [-0.2, -0.15) is 0 Å². The second-order valence-corrected chi connectivity index (χ2v) is 4.04. The average Bonchev–Trinajstić information content (AvgIpc) is 2.82. The van der Waals surface area contributed by atoms with Gasteiger partial charge in [-0.1, -0.05) is 0 Å². The van der Waals surface area contributed by atoms with Crippen LogP contribution >= 0.6 is 0 Å². The Labute approximate surface area is 105 Å². The molecule has 1 amide bonds. The van der Waals surface area contributed by atoms with Gasteiger partial charge in [-0.25, -0.2) is 4.99 Å². The van der Waals surface area contributed by atoms with E-state index in [9.17, 15) is 9.59 Å². The summed E-state index contributed by atoms with van der Waals surface area (Å²) >= 11 is 0. The number of anilines is 1. The van der Waals surface area contributed by atoms with Gasteiger partial charge in [0.1, 0.15) is 12.4 Å². The van der Waals surface area contributed by atoms with Gasteiger partial charge in [0.05, 0.1) is 13.0 Å². The van der Waals surface area contributed by atoms with Gasteiger partial charge in [-0.15, -0.1) is 0 Å². The smallest absolute Gasteiger partial charge is 0.231 e. The number of Topliss-reactive ketones (excluding diaryl/α,β-unsaturated/α-hetero) is 1. The zero-order chi connectivity index (χ0) is 13.0. The third kappa shape index (κ3) is 3.16. The zero-order valence-corrected chi connectivity index (χ0v) is 10.1. The number of carbonyl (C=O) groups excluding carboxylic acids is 2. The van der Waals surface area contributed by atoms with Gasteiger partial charge in [0, 0.05) is 11.3 Å². The Kier molecular flexibility index (Phi) is 3.72. The van der Waals surface area contributed by atoms with E-state index in [2.05, 4.69) is 10.3 Å². The van der Waals surface area contributed by atoms with Crippen LogP contribution in [-0.4, -0.2) is 30.7 Å². The highest BCUT2D eigenvalue weighted by molar-refractivity contribution is 6.03. The van der Waals surface area contributed by atoms with E-state index in [0.29, 0.717) is 24.7 Å².